The van der Waals surface area contributed by atoms with Gasteiger partial charge in [0.1, 0.15) is 18.1 Å². The Morgan fingerprint density at radius 2 is 1.85 bits per heavy atom. The molecule has 0 unspecified atom stereocenters. The number of hydrogen-bond donors (Lipinski definition) is 1. The van der Waals surface area contributed by atoms with Crippen LogP contribution in [0, 0.1) is 0 Å². The Bertz CT molecular complexity index is 973. The second kappa shape index (κ2) is 8.12. The number of carbonyl (C=O) groups excluding carboxylic acids is 1. The van der Waals surface area contributed by atoms with Crippen molar-refractivity contribution >= 4 is 45.4 Å². The van der Waals surface area contributed by atoms with Crippen LogP contribution < -0.4 is 4.74 Å². The highest BCUT2D eigenvalue weighted by Gasteiger charge is 2.12. The molecule has 0 atom stereocenters. The highest BCUT2D eigenvalue weighted by atomic mass is 79.9. The molecule has 26 heavy (non-hydrogen) atoms. The highest BCUT2D eigenvalue weighted by molar-refractivity contribution is 9.10. The van der Waals surface area contributed by atoms with E-state index in [0.29, 0.717) is 17.1 Å². The largest absolute Gasteiger partial charge is 0.507 e. The number of benzene rings is 3. The molecule has 3 nitrogen and oxygen atoms in total. The number of aromatic hydroxyl groups is 1. The number of halogens is 3. The normalized spacial score (nSPS) is 10.6. The molecule has 0 radical (unpaired) electrons. The third-order valence-electron chi connectivity index (χ3n) is 3.81. The predicted octanol–water partition coefficient (Wildman–Crippen LogP) is 6.52. The van der Waals surface area contributed by atoms with Crippen molar-refractivity contribution < 1.29 is 14.6 Å². The topological polar surface area (TPSA) is 46.5 Å². The van der Waals surface area contributed by atoms with Gasteiger partial charge in [-0.2, -0.15) is 0 Å². The Morgan fingerprint density at radius 1 is 1.08 bits per heavy atom. The van der Waals surface area contributed by atoms with Crippen LogP contribution >= 0.6 is 39.1 Å². The van der Waals surface area contributed by atoms with Gasteiger partial charge in [-0.25, -0.2) is 0 Å². The maximum atomic E-state index is 10.8. The first-order valence-electron chi connectivity index (χ1n) is 7.63. The number of hydrogen-bond acceptors (Lipinski definition) is 3. The molecule has 1 N–H and O–H groups in total. The summed E-state index contributed by atoms with van der Waals surface area (Å²) in [6, 6.07) is 16.1. The van der Waals surface area contributed by atoms with Gasteiger partial charge in [0.2, 0.25) is 0 Å². The van der Waals surface area contributed by atoms with E-state index >= 15 is 0 Å². The van der Waals surface area contributed by atoms with E-state index in [9.17, 15) is 9.90 Å². The van der Waals surface area contributed by atoms with E-state index in [1.54, 1.807) is 0 Å². The van der Waals surface area contributed by atoms with Gasteiger partial charge in [-0.1, -0.05) is 53.5 Å². The fraction of sp³-hybridized carbons (Fsp3) is 0.0500. The minimum atomic E-state index is -0.175. The Labute approximate surface area is 169 Å². The molecule has 0 saturated carbocycles. The van der Waals surface area contributed by atoms with Gasteiger partial charge < -0.3 is 9.84 Å². The average Bonchev–Trinajstić information content (AvgIpc) is 2.63. The molecule has 0 aliphatic carbocycles. The molecule has 0 fully saturated rings. The van der Waals surface area contributed by atoms with Gasteiger partial charge in [-0.15, -0.1) is 0 Å². The van der Waals surface area contributed by atoms with Gasteiger partial charge in [-0.3, -0.25) is 4.79 Å². The first-order valence-corrected chi connectivity index (χ1v) is 9.18. The lowest BCUT2D eigenvalue weighted by molar-refractivity contribution is 0.112. The van der Waals surface area contributed by atoms with Crippen molar-refractivity contribution in [2.75, 3.05) is 0 Å². The maximum absolute atomic E-state index is 10.8. The van der Waals surface area contributed by atoms with Crippen LogP contribution in [0.25, 0.3) is 11.1 Å². The van der Waals surface area contributed by atoms with Crippen molar-refractivity contribution in [1.29, 1.82) is 0 Å². The molecule has 3 aromatic rings. The number of ether oxygens (including phenoxy) is 1. The Balaban J connectivity index is 1.87. The third kappa shape index (κ3) is 4.04. The molecule has 3 rings (SSSR count). The molecule has 0 saturated heterocycles. The fourth-order valence-electron chi connectivity index (χ4n) is 2.49. The van der Waals surface area contributed by atoms with E-state index in [0.717, 1.165) is 21.2 Å². The molecular formula is C20H13BrCl2O3. The molecule has 0 aromatic heterocycles. The van der Waals surface area contributed by atoms with Crippen LogP contribution in [0.1, 0.15) is 15.9 Å². The van der Waals surface area contributed by atoms with Crippen LogP contribution in [0.2, 0.25) is 10.0 Å². The van der Waals surface area contributed by atoms with Gasteiger partial charge in [-0.05, 0) is 45.3 Å². The van der Waals surface area contributed by atoms with E-state index in [1.807, 2.05) is 42.5 Å². The summed E-state index contributed by atoms with van der Waals surface area (Å²) in [6.07, 6.45) is 0.538. The first kappa shape index (κ1) is 18.8. The lowest BCUT2D eigenvalue weighted by Crippen LogP contribution is -1.98. The number of phenols is 1. The second-order valence-electron chi connectivity index (χ2n) is 5.54. The van der Waals surface area contributed by atoms with Crippen LogP contribution in [-0.2, 0) is 6.61 Å². The Hall–Kier alpha value is -2.01. The molecule has 0 amide bonds. The quantitative estimate of drug-likeness (QED) is 0.449. The lowest BCUT2D eigenvalue weighted by atomic mass is 10.0. The monoisotopic (exact) mass is 450 g/mol. The highest BCUT2D eigenvalue weighted by Crippen LogP contribution is 2.35. The van der Waals surface area contributed by atoms with Crippen LogP contribution in [0.15, 0.2) is 59.1 Å². The summed E-state index contributed by atoms with van der Waals surface area (Å²) in [6.45, 7) is 0.231. The molecule has 6 heteroatoms. The standard InChI is InChI=1S/C20H13BrCl2O3/c21-20-13(4-2-6-16(20)12-3-1-5-15(22)7-12)11-26-19-9-18(25)14(10-24)8-17(19)23/h1-10,25H,11H2. The van der Waals surface area contributed by atoms with Gasteiger partial charge in [0.25, 0.3) is 0 Å². The second-order valence-corrected chi connectivity index (χ2v) is 7.17. The molecule has 0 heterocycles. The van der Waals surface area contributed by atoms with E-state index < -0.39 is 0 Å². The van der Waals surface area contributed by atoms with Crippen molar-refractivity contribution in [3.05, 3.63) is 80.2 Å². The van der Waals surface area contributed by atoms with E-state index in [1.165, 1.54) is 12.1 Å². The van der Waals surface area contributed by atoms with Gasteiger partial charge in [0.05, 0.1) is 10.6 Å². The zero-order valence-electron chi connectivity index (χ0n) is 13.4. The summed E-state index contributed by atoms with van der Waals surface area (Å²) < 4.78 is 6.62. The summed E-state index contributed by atoms with van der Waals surface area (Å²) in [5.41, 5.74) is 2.99. The first-order chi connectivity index (χ1) is 12.5. The van der Waals surface area contributed by atoms with E-state index in [4.69, 9.17) is 27.9 Å². The summed E-state index contributed by atoms with van der Waals surface area (Å²) in [5.74, 6) is 0.126. The van der Waals surface area contributed by atoms with Crippen molar-refractivity contribution in [2.45, 2.75) is 6.61 Å². The minimum Gasteiger partial charge on any atom is -0.507 e. The summed E-state index contributed by atoms with van der Waals surface area (Å²) >= 11 is 15.8. The Kier molecular flexibility index (Phi) is 5.87. The lowest BCUT2D eigenvalue weighted by Gasteiger charge is -2.13. The molecule has 0 aliphatic heterocycles. The van der Waals surface area contributed by atoms with Crippen molar-refractivity contribution in [2.24, 2.45) is 0 Å². The number of carbonyl (C=O) groups is 1. The third-order valence-corrected chi connectivity index (χ3v) is 5.27. The predicted molar refractivity (Wildman–Crippen MR) is 107 cm³/mol. The van der Waals surface area contributed by atoms with E-state index in [-0.39, 0.29) is 22.9 Å². The number of rotatable bonds is 5. The zero-order chi connectivity index (χ0) is 18.7. The number of phenolic OH excluding ortho intramolecular Hbond substituents is 1. The number of aldehydes is 1. The summed E-state index contributed by atoms with van der Waals surface area (Å²) in [5, 5.41) is 10.7. The van der Waals surface area contributed by atoms with Crippen LogP contribution in [0.4, 0.5) is 0 Å². The minimum absolute atomic E-state index is 0.117. The molecule has 0 aliphatic rings. The summed E-state index contributed by atoms with van der Waals surface area (Å²) in [7, 11) is 0. The molecule has 132 valence electrons. The van der Waals surface area contributed by atoms with Gasteiger partial charge in [0, 0.05) is 21.1 Å². The maximum Gasteiger partial charge on any atom is 0.153 e. The van der Waals surface area contributed by atoms with Crippen molar-refractivity contribution in [3.8, 4) is 22.6 Å². The molecule has 0 bridgehead atoms. The SMILES string of the molecule is O=Cc1cc(Cl)c(OCc2cccc(-c3cccc(Cl)c3)c2Br)cc1O. The van der Waals surface area contributed by atoms with Crippen molar-refractivity contribution in [1.82, 2.24) is 0 Å². The fourth-order valence-corrected chi connectivity index (χ4v) is 3.51. The van der Waals surface area contributed by atoms with Gasteiger partial charge in [0.15, 0.2) is 6.29 Å². The van der Waals surface area contributed by atoms with Gasteiger partial charge >= 0.3 is 0 Å². The Morgan fingerprint density at radius 3 is 2.58 bits per heavy atom. The average molecular weight is 452 g/mol. The van der Waals surface area contributed by atoms with Crippen molar-refractivity contribution in [3.63, 3.8) is 0 Å². The van der Waals surface area contributed by atoms with Crippen LogP contribution in [0.3, 0.4) is 0 Å². The molecule has 0 spiro atoms. The zero-order valence-corrected chi connectivity index (χ0v) is 16.5. The smallest absolute Gasteiger partial charge is 0.153 e. The van der Waals surface area contributed by atoms with Crippen LogP contribution in [-0.4, -0.2) is 11.4 Å². The summed E-state index contributed by atoms with van der Waals surface area (Å²) in [4.78, 5) is 10.8. The van der Waals surface area contributed by atoms with E-state index in [2.05, 4.69) is 15.9 Å². The molecule has 3 aromatic carbocycles. The van der Waals surface area contributed by atoms with Crippen LogP contribution in [0.5, 0.6) is 11.5 Å². The molecular weight excluding hydrogens is 439 g/mol.